The highest BCUT2D eigenvalue weighted by molar-refractivity contribution is 5.95. The van der Waals surface area contributed by atoms with E-state index in [0.717, 1.165) is 63.2 Å². The molecule has 154 valence electrons. The first-order chi connectivity index (χ1) is 14.3. The molecule has 2 saturated heterocycles. The molecule has 2 fully saturated rings. The van der Waals surface area contributed by atoms with Crippen LogP contribution in [0.4, 0.5) is 5.69 Å². The Labute approximate surface area is 173 Å². The molecule has 0 spiro atoms. The van der Waals surface area contributed by atoms with Crippen LogP contribution < -0.4 is 5.32 Å². The molecule has 2 aliphatic heterocycles. The van der Waals surface area contributed by atoms with Gasteiger partial charge >= 0.3 is 0 Å². The maximum absolute atomic E-state index is 13.2. The van der Waals surface area contributed by atoms with Gasteiger partial charge in [-0.1, -0.05) is 48.5 Å². The number of hydrogen-bond donors (Lipinski definition) is 1. The third kappa shape index (κ3) is 5.44. The molecule has 0 radical (unpaired) electrons. The van der Waals surface area contributed by atoms with Crippen LogP contribution in [0.3, 0.4) is 0 Å². The molecule has 2 aliphatic rings. The summed E-state index contributed by atoms with van der Waals surface area (Å²) in [6, 6.07) is 19.5. The zero-order chi connectivity index (χ0) is 19.9. The third-order valence-corrected chi connectivity index (χ3v) is 5.80. The number of hydrogen-bond acceptors (Lipinski definition) is 4. The fourth-order valence-corrected chi connectivity index (χ4v) is 4.25. The minimum atomic E-state index is -0.291. The van der Waals surface area contributed by atoms with Crippen molar-refractivity contribution in [3.63, 3.8) is 0 Å². The normalized spacial score (nSPS) is 20.3. The predicted octanol–water partition coefficient (Wildman–Crippen LogP) is 4.03. The van der Waals surface area contributed by atoms with E-state index < -0.39 is 0 Å². The molecule has 5 heteroatoms. The molecule has 2 aromatic rings. The zero-order valence-corrected chi connectivity index (χ0v) is 16.8. The van der Waals surface area contributed by atoms with Gasteiger partial charge in [0, 0.05) is 32.0 Å². The molecule has 0 unspecified atom stereocenters. The van der Waals surface area contributed by atoms with Crippen molar-refractivity contribution in [1.82, 2.24) is 4.90 Å². The molecule has 2 heterocycles. The predicted molar refractivity (Wildman–Crippen MR) is 114 cm³/mol. The molecule has 29 heavy (non-hydrogen) atoms. The van der Waals surface area contributed by atoms with Gasteiger partial charge in [-0.3, -0.25) is 9.69 Å². The van der Waals surface area contributed by atoms with Crippen molar-refractivity contribution in [2.45, 2.75) is 43.9 Å². The maximum atomic E-state index is 13.2. The highest BCUT2D eigenvalue weighted by Crippen LogP contribution is 2.28. The SMILES string of the molecule is O=C(Nc1ccccc1)[C@@H](c1ccccc1)N1CCC(OC2CCOCC2)CC1. The Balaban J connectivity index is 1.41. The van der Waals surface area contributed by atoms with Crippen molar-refractivity contribution in [2.75, 3.05) is 31.6 Å². The molecule has 1 amide bonds. The average molecular weight is 395 g/mol. The van der Waals surface area contributed by atoms with Crippen LogP contribution in [-0.4, -0.2) is 49.3 Å². The van der Waals surface area contributed by atoms with Crippen LogP contribution in [0, 0.1) is 0 Å². The summed E-state index contributed by atoms with van der Waals surface area (Å²) in [4.78, 5) is 15.5. The highest BCUT2D eigenvalue weighted by atomic mass is 16.5. The van der Waals surface area contributed by atoms with Crippen LogP contribution >= 0.6 is 0 Å². The Morgan fingerprint density at radius 3 is 2.14 bits per heavy atom. The Bertz CT molecular complexity index is 754. The summed E-state index contributed by atoms with van der Waals surface area (Å²) >= 11 is 0. The molecule has 5 nitrogen and oxygen atoms in total. The van der Waals surface area contributed by atoms with E-state index in [4.69, 9.17) is 9.47 Å². The summed E-state index contributed by atoms with van der Waals surface area (Å²) in [7, 11) is 0. The molecule has 1 atom stereocenters. The molecule has 0 aromatic heterocycles. The number of nitrogens with zero attached hydrogens (tertiary/aromatic N) is 1. The van der Waals surface area contributed by atoms with E-state index in [-0.39, 0.29) is 18.1 Å². The zero-order valence-electron chi connectivity index (χ0n) is 16.8. The van der Waals surface area contributed by atoms with E-state index in [1.165, 1.54) is 0 Å². The number of likely N-dealkylation sites (tertiary alicyclic amines) is 1. The van der Waals surface area contributed by atoms with Crippen LogP contribution in [0.5, 0.6) is 0 Å². The van der Waals surface area contributed by atoms with E-state index in [0.29, 0.717) is 6.10 Å². The first-order valence-corrected chi connectivity index (χ1v) is 10.7. The van der Waals surface area contributed by atoms with Crippen LogP contribution in [-0.2, 0) is 14.3 Å². The summed E-state index contributed by atoms with van der Waals surface area (Å²) < 4.78 is 11.7. The standard InChI is InChI=1S/C24H30N2O3/c27-24(25-20-9-5-2-6-10-20)23(19-7-3-1-4-8-19)26-15-11-21(12-16-26)29-22-13-17-28-18-14-22/h1-10,21-23H,11-18H2,(H,25,27)/t23-/m1/s1. The quantitative estimate of drug-likeness (QED) is 0.804. The van der Waals surface area contributed by atoms with Gasteiger partial charge in [0.15, 0.2) is 0 Å². The number of ether oxygens (including phenoxy) is 2. The number of carbonyl (C=O) groups is 1. The van der Waals surface area contributed by atoms with Gasteiger partial charge in [-0.2, -0.15) is 0 Å². The van der Waals surface area contributed by atoms with Gasteiger partial charge < -0.3 is 14.8 Å². The molecule has 0 aliphatic carbocycles. The fraction of sp³-hybridized carbons (Fsp3) is 0.458. The van der Waals surface area contributed by atoms with E-state index in [1.807, 2.05) is 60.7 Å². The summed E-state index contributed by atoms with van der Waals surface area (Å²) in [5.74, 6) is 0.0196. The lowest BCUT2D eigenvalue weighted by atomic mass is 9.99. The summed E-state index contributed by atoms with van der Waals surface area (Å²) in [6.07, 6.45) is 4.51. The second kappa shape index (κ2) is 10.0. The summed E-state index contributed by atoms with van der Waals surface area (Å²) in [6.45, 7) is 3.32. The first-order valence-electron chi connectivity index (χ1n) is 10.7. The lowest BCUT2D eigenvalue weighted by molar-refractivity contribution is -0.124. The Morgan fingerprint density at radius 1 is 0.897 bits per heavy atom. The number of nitrogens with one attached hydrogen (secondary N) is 1. The average Bonchev–Trinajstić information content (AvgIpc) is 2.77. The van der Waals surface area contributed by atoms with Crippen molar-refractivity contribution in [1.29, 1.82) is 0 Å². The number of carbonyl (C=O) groups excluding carboxylic acids is 1. The van der Waals surface area contributed by atoms with Crippen molar-refractivity contribution < 1.29 is 14.3 Å². The summed E-state index contributed by atoms with van der Waals surface area (Å²) in [5.41, 5.74) is 1.86. The van der Waals surface area contributed by atoms with Gasteiger partial charge in [0.1, 0.15) is 6.04 Å². The second-order valence-electron chi connectivity index (χ2n) is 7.85. The largest absolute Gasteiger partial charge is 0.381 e. The number of anilines is 1. The third-order valence-electron chi connectivity index (χ3n) is 5.80. The number of para-hydroxylation sites is 1. The molecule has 1 N–H and O–H groups in total. The van der Waals surface area contributed by atoms with Crippen LogP contribution in [0.25, 0.3) is 0 Å². The Kier molecular flexibility index (Phi) is 6.93. The maximum Gasteiger partial charge on any atom is 0.246 e. The van der Waals surface area contributed by atoms with Gasteiger partial charge in [0.05, 0.1) is 12.2 Å². The van der Waals surface area contributed by atoms with E-state index in [1.54, 1.807) is 0 Å². The molecule has 0 saturated carbocycles. The number of benzene rings is 2. The van der Waals surface area contributed by atoms with Gasteiger partial charge in [0.25, 0.3) is 0 Å². The lowest BCUT2D eigenvalue weighted by Crippen LogP contribution is -2.44. The molecule has 2 aromatic carbocycles. The van der Waals surface area contributed by atoms with E-state index >= 15 is 0 Å². The highest BCUT2D eigenvalue weighted by Gasteiger charge is 2.32. The minimum absolute atomic E-state index is 0.0196. The fourth-order valence-electron chi connectivity index (χ4n) is 4.25. The van der Waals surface area contributed by atoms with Crippen LogP contribution in [0.15, 0.2) is 60.7 Å². The Morgan fingerprint density at radius 2 is 1.48 bits per heavy atom. The van der Waals surface area contributed by atoms with Crippen LogP contribution in [0.2, 0.25) is 0 Å². The monoisotopic (exact) mass is 394 g/mol. The van der Waals surface area contributed by atoms with Gasteiger partial charge in [-0.05, 0) is 43.4 Å². The lowest BCUT2D eigenvalue weighted by Gasteiger charge is -2.38. The topological polar surface area (TPSA) is 50.8 Å². The Hall–Kier alpha value is -2.21. The smallest absolute Gasteiger partial charge is 0.246 e. The van der Waals surface area contributed by atoms with Gasteiger partial charge in [-0.25, -0.2) is 0 Å². The number of amides is 1. The van der Waals surface area contributed by atoms with Gasteiger partial charge in [0.2, 0.25) is 5.91 Å². The second-order valence-corrected chi connectivity index (χ2v) is 7.85. The first kappa shape index (κ1) is 20.1. The minimum Gasteiger partial charge on any atom is -0.381 e. The van der Waals surface area contributed by atoms with Crippen molar-refractivity contribution >= 4 is 11.6 Å². The van der Waals surface area contributed by atoms with E-state index in [2.05, 4.69) is 10.2 Å². The number of piperidine rings is 1. The van der Waals surface area contributed by atoms with Gasteiger partial charge in [-0.15, -0.1) is 0 Å². The summed E-state index contributed by atoms with van der Waals surface area (Å²) in [5, 5.41) is 3.09. The van der Waals surface area contributed by atoms with Crippen molar-refractivity contribution in [2.24, 2.45) is 0 Å². The van der Waals surface area contributed by atoms with E-state index in [9.17, 15) is 4.79 Å². The molecular weight excluding hydrogens is 364 g/mol. The van der Waals surface area contributed by atoms with Crippen LogP contribution in [0.1, 0.15) is 37.3 Å². The molecule has 4 rings (SSSR count). The number of rotatable bonds is 6. The van der Waals surface area contributed by atoms with Crippen molar-refractivity contribution in [3.05, 3.63) is 66.2 Å². The van der Waals surface area contributed by atoms with Crippen molar-refractivity contribution in [3.8, 4) is 0 Å². The molecule has 0 bridgehead atoms. The molecular formula is C24H30N2O3.